The molecule has 0 atom stereocenters. The molecule has 0 saturated carbocycles. The van der Waals surface area contributed by atoms with Crippen molar-refractivity contribution < 1.29 is 0 Å². The molecule has 0 unspecified atom stereocenters. The molecule has 0 bridgehead atoms. The summed E-state index contributed by atoms with van der Waals surface area (Å²) in [7, 11) is 0. The van der Waals surface area contributed by atoms with Gasteiger partial charge in [0.25, 0.3) is 0 Å². The zero-order valence-corrected chi connectivity index (χ0v) is 10.9. The number of nitrogens with two attached hydrogens (primary N) is 1. The van der Waals surface area contributed by atoms with E-state index in [2.05, 4.69) is 40.3 Å². The van der Waals surface area contributed by atoms with Gasteiger partial charge in [-0.3, -0.25) is 0 Å². The minimum Gasteiger partial charge on any atom is -0.330 e. The van der Waals surface area contributed by atoms with E-state index < -0.39 is 0 Å². The molecule has 3 aromatic rings. The number of thiophene rings is 1. The smallest absolute Gasteiger partial charge is 0.151 e. The van der Waals surface area contributed by atoms with Gasteiger partial charge in [-0.2, -0.15) is 0 Å². The predicted octanol–water partition coefficient (Wildman–Crippen LogP) is 3.11. The van der Waals surface area contributed by atoms with Gasteiger partial charge in [0.05, 0.1) is 15.9 Å². The Bertz CT molecular complexity index is 640. The van der Waals surface area contributed by atoms with Crippen molar-refractivity contribution in [2.75, 3.05) is 6.54 Å². The maximum Gasteiger partial charge on any atom is 0.151 e. The van der Waals surface area contributed by atoms with E-state index in [9.17, 15) is 0 Å². The summed E-state index contributed by atoms with van der Waals surface area (Å²) in [6.07, 6.45) is 0.971. The quantitative estimate of drug-likeness (QED) is 0.780. The fourth-order valence-electron chi connectivity index (χ4n) is 2.15. The fourth-order valence-corrected chi connectivity index (χ4v) is 2.87. The van der Waals surface area contributed by atoms with E-state index in [1.807, 2.05) is 6.07 Å². The number of para-hydroxylation sites is 2. The van der Waals surface area contributed by atoms with Gasteiger partial charge in [-0.15, -0.1) is 11.3 Å². The van der Waals surface area contributed by atoms with Crippen molar-refractivity contribution >= 4 is 22.4 Å². The van der Waals surface area contributed by atoms with Crippen LogP contribution in [0.1, 0.15) is 6.42 Å². The molecule has 0 aliphatic heterocycles. The van der Waals surface area contributed by atoms with Crippen molar-refractivity contribution in [3.63, 3.8) is 0 Å². The Morgan fingerprint density at radius 2 is 2.06 bits per heavy atom. The van der Waals surface area contributed by atoms with E-state index in [0.29, 0.717) is 6.54 Å². The Morgan fingerprint density at radius 3 is 2.83 bits per heavy atom. The second-order valence-corrected chi connectivity index (χ2v) is 5.14. The number of hydrogen-bond donors (Lipinski definition) is 1. The minimum atomic E-state index is 0.705. The molecule has 4 heteroatoms. The van der Waals surface area contributed by atoms with Gasteiger partial charge in [0, 0.05) is 6.54 Å². The van der Waals surface area contributed by atoms with Crippen LogP contribution in [-0.4, -0.2) is 16.1 Å². The molecule has 2 heterocycles. The largest absolute Gasteiger partial charge is 0.330 e. The third-order valence-electron chi connectivity index (χ3n) is 2.98. The van der Waals surface area contributed by atoms with E-state index in [1.165, 1.54) is 10.4 Å². The normalized spacial score (nSPS) is 11.2. The second kappa shape index (κ2) is 4.92. The Balaban J connectivity index is 2.17. The van der Waals surface area contributed by atoms with Gasteiger partial charge in [0.15, 0.2) is 5.82 Å². The lowest BCUT2D eigenvalue weighted by molar-refractivity contribution is 0.672. The lowest BCUT2D eigenvalue weighted by Gasteiger charge is -2.06. The standard InChI is InChI=1S/C14H15N3S/c15-8-4-9-17-12-6-2-1-5-11(12)16-14(17)13-7-3-10-18-13/h1-3,5-7,10H,4,8-9,15H2. The van der Waals surface area contributed by atoms with Crippen molar-refractivity contribution in [1.82, 2.24) is 9.55 Å². The summed E-state index contributed by atoms with van der Waals surface area (Å²) in [6, 6.07) is 12.4. The van der Waals surface area contributed by atoms with Crippen LogP contribution in [0.4, 0.5) is 0 Å². The third kappa shape index (κ3) is 1.94. The summed E-state index contributed by atoms with van der Waals surface area (Å²) in [6.45, 7) is 1.63. The summed E-state index contributed by atoms with van der Waals surface area (Å²) >= 11 is 1.72. The first kappa shape index (κ1) is 11.4. The molecule has 2 N–H and O–H groups in total. The van der Waals surface area contributed by atoms with Crippen LogP contribution in [0, 0.1) is 0 Å². The number of nitrogens with zero attached hydrogens (tertiary/aromatic N) is 2. The zero-order chi connectivity index (χ0) is 12.4. The van der Waals surface area contributed by atoms with Gasteiger partial charge in [0.2, 0.25) is 0 Å². The molecule has 3 rings (SSSR count). The van der Waals surface area contributed by atoms with Crippen LogP contribution in [0.5, 0.6) is 0 Å². The minimum absolute atomic E-state index is 0.705. The van der Waals surface area contributed by atoms with E-state index in [1.54, 1.807) is 11.3 Å². The summed E-state index contributed by atoms with van der Waals surface area (Å²) in [5, 5.41) is 2.09. The molecule has 0 aliphatic rings. The fraction of sp³-hybridized carbons (Fsp3) is 0.214. The monoisotopic (exact) mass is 257 g/mol. The Kier molecular flexibility index (Phi) is 3.13. The van der Waals surface area contributed by atoms with Crippen molar-refractivity contribution in [2.45, 2.75) is 13.0 Å². The molecular formula is C14H15N3S. The van der Waals surface area contributed by atoms with Gasteiger partial charge in [-0.25, -0.2) is 4.98 Å². The SMILES string of the molecule is NCCCn1c(-c2cccs2)nc2ccccc21. The van der Waals surface area contributed by atoms with Crippen LogP contribution < -0.4 is 5.73 Å². The first-order chi connectivity index (χ1) is 8.90. The van der Waals surface area contributed by atoms with E-state index in [0.717, 1.165) is 24.3 Å². The highest BCUT2D eigenvalue weighted by Crippen LogP contribution is 2.28. The van der Waals surface area contributed by atoms with Crippen LogP contribution in [0.2, 0.25) is 0 Å². The molecule has 92 valence electrons. The molecular weight excluding hydrogens is 242 g/mol. The predicted molar refractivity (Wildman–Crippen MR) is 76.7 cm³/mol. The van der Waals surface area contributed by atoms with Gasteiger partial charge in [-0.05, 0) is 36.5 Å². The molecule has 3 nitrogen and oxygen atoms in total. The average Bonchev–Trinajstić information content (AvgIpc) is 3.03. The molecule has 0 fully saturated rings. The molecule has 0 saturated heterocycles. The second-order valence-electron chi connectivity index (χ2n) is 4.20. The maximum absolute atomic E-state index is 5.63. The summed E-state index contributed by atoms with van der Waals surface area (Å²) in [5.41, 5.74) is 7.87. The van der Waals surface area contributed by atoms with Crippen LogP contribution in [0.25, 0.3) is 21.7 Å². The molecule has 0 amide bonds. The van der Waals surface area contributed by atoms with Gasteiger partial charge >= 0.3 is 0 Å². The maximum atomic E-state index is 5.63. The van der Waals surface area contributed by atoms with Crippen LogP contribution in [0.15, 0.2) is 41.8 Å². The Labute approximate surface area is 110 Å². The zero-order valence-electron chi connectivity index (χ0n) is 10.0. The number of aromatic nitrogens is 2. The summed E-state index contributed by atoms with van der Waals surface area (Å²) < 4.78 is 2.27. The molecule has 0 aliphatic carbocycles. The van der Waals surface area contributed by atoms with Gasteiger partial charge < -0.3 is 10.3 Å². The average molecular weight is 257 g/mol. The summed E-state index contributed by atoms with van der Waals surface area (Å²) in [4.78, 5) is 5.95. The lowest BCUT2D eigenvalue weighted by Crippen LogP contribution is -2.06. The topological polar surface area (TPSA) is 43.8 Å². The molecule has 1 aromatic carbocycles. The van der Waals surface area contributed by atoms with Crippen LogP contribution in [0.3, 0.4) is 0 Å². The number of benzene rings is 1. The van der Waals surface area contributed by atoms with Crippen molar-refractivity contribution in [3.8, 4) is 10.7 Å². The number of rotatable bonds is 4. The molecule has 0 spiro atoms. The third-order valence-corrected chi connectivity index (χ3v) is 3.85. The Morgan fingerprint density at radius 1 is 1.17 bits per heavy atom. The Hall–Kier alpha value is -1.65. The highest BCUT2D eigenvalue weighted by molar-refractivity contribution is 7.13. The number of hydrogen-bond acceptors (Lipinski definition) is 3. The van der Waals surface area contributed by atoms with E-state index in [4.69, 9.17) is 10.7 Å². The van der Waals surface area contributed by atoms with Crippen molar-refractivity contribution in [1.29, 1.82) is 0 Å². The van der Waals surface area contributed by atoms with Crippen LogP contribution in [-0.2, 0) is 6.54 Å². The van der Waals surface area contributed by atoms with Crippen molar-refractivity contribution in [2.24, 2.45) is 5.73 Å². The number of aryl methyl sites for hydroxylation is 1. The number of fused-ring (bicyclic) bond motifs is 1. The first-order valence-corrected chi connectivity index (χ1v) is 6.97. The highest BCUT2D eigenvalue weighted by atomic mass is 32.1. The molecule has 18 heavy (non-hydrogen) atoms. The lowest BCUT2D eigenvalue weighted by atomic mass is 10.3. The summed E-state index contributed by atoms with van der Waals surface area (Å²) in [5.74, 6) is 1.06. The van der Waals surface area contributed by atoms with E-state index in [-0.39, 0.29) is 0 Å². The van der Waals surface area contributed by atoms with Crippen LogP contribution >= 0.6 is 11.3 Å². The highest BCUT2D eigenvalue weighted by Gasteiger charge is 2.12. The van der Waals surface area contributed by atoms with E-state index >= 15 is 0 Å². The number of imidazole rings is 1. The first-order valence-electron chi connectivity index (χ1n) is 6.09. The molecule has 0 radical (unpaired) electrons. The molecule has 2 aromatic heterocycles. The van der Waals surface area contributed by atoms with Crippen molar-refractivity contribution in [3.05, 3.63) is 41.8 Å². The van der Waals surface area contributed by atoms with Gasteiger partial charge in [-0.1, -0.05) is 18.2 Å². The van der Waals surface area contributed by atoms with Gasteiger partial charge in [0.1, 0.15) is 0 Å².